The molecular weight excluding hydrogens is 450 g/mol. The molecule has 0 fully saturated rings. The number of aliphatic carboxylic acids is 2. The van der Waals surface area contributed by atoms with Crippen LogP contribution in [0.2, 0.25) is 0 Å². The smallest absolute Gasteiger partial charge is 0.335 e. The van der Waals surface area contributed by atoms with Gasteiger partial charge in [-0.1, -0.05) is 30.3 Å². The first kappa shape index (κ1) is 26.4. The van der Waals surface area contributed by atoms with Crippen LogP contribution in [0, 0.1) is 0 Å². The molecule has 0 amide bonds. The fourth-order valence-corrected chi connectivity index (χ4v) is 2.70. The van der Waals surface area contributed by atoms with Crippen molar-refractivity contribution >= 4 is 23.6 Å². The standard InChI is InChI=1S/C18H21N3O3.C4H6O6/c1-22-16-9-8-15(12-17(16)23-2)20-18-19-10-11-21(18)24-13-14-6-4-3-5-7-14;5-1(3(7)8)2(6)4(9)10/h3-9,12H,10-11,13H2,1-2H3,(H,19,20);1-2,5-6H,(H,7,8)(H,9,10)/t;1-,2-/m.1/s1. The van der Waals surface area contributed by atoms with Gasteiger partial charge in [0.25, 0.3) is 0 Å². The fraction of sp³-hybridized carbons (Fsp3) is 0.318. The molecule has 12 nitrogen and oxygen atoms in total. The molecule has 2 aromatic rings. The zero-order valence-electron chi connectivity index (χ0n) is 18.6. The Morgan fingerprint density at radius 2 is 1.62 bits per heavy atom. The lowest BCUT2D eigenvalue weighted by Gasteiger charge is -2.21. The van der Waals surface area contributed by atoms with E-state index in [1.54, 1.807) is 19.3 Å². The Morgan fingerprint density at radius 3 is 2.18 bits per heavy atom. The fourth-order valence-electron chi connectivity index (χ4n) is 2.70. The number of ether oxygens (including phenoxy) is 2. The molecule has 0 unspecified atom stereocenters. The number of aliphatic hydroxyl groups is 2. The van der Waals surface area contributed by atoms with Crippen LogP contribution in [0.25, 0.3) is 0 Å². The summed E-state index contributed by atoms with van der Waals surface area (Å²) < 4.78 is 10.6. The number of rotatable bonds is 9. The minimum absolute atomic E-state index is 0.507. The lowest BCUT2D eigenvalue weighted by molar-refractivity contribution is -0.165. The Balaban J connectivity index is 0.000000347. The number of methoxy groups -OCH3 is 2. The molecule has 0 saturated heterocycles. The molecule has 34 heavy (non-hydrogen) atoms. The summed E-state index contributed by atoms with van der Waals surface area (Å²) in [6.45, 7) is 1.93. The van der Waals surface area contributed by atoms with Crippen LogP contribution >= 0.6 is 0 Å². The first-order valence-corrected chi connectivity index (χ1v) is 10.1. The molecule has 0 saturated carbocycles. The lowest BCUT2D eigenvalue weighted by atomic mass is 10.2. The van der Waals surface area contributed by atoms with Gasteiger partial charge in [0.2, 0.25) is 5.96 Å². The summed E-state index contributed by atoms with van der Waals surface area (Å²) >= 11 is 0. The zero-order chi connectivity index (χ0) is 25.1. The lowest BCUT2D eigenvalue weighted by Crippen LogP contribution is -2.39. The second kappa shape index (κ2) is 13.0. The van der Waals surface area contributed by atoms with Crippen LogP contribution in [0.5, 0.6) is 11.5 Å². The van der Waals surface area contributed by atoms with Crippen molar-refractivity contribution in [2.24, 2.45) is 4.99 Å². The van der Waals surface area contributed by atoms with Gasteiger partial charge in [0, 0.05) is 11.8 Å². The highest BCUT2D eigenvalue weighted by molar-refractivity contribution is 5.94. The minimum atomic E-state index is -2.27. The van der Waals surface area contributed by atoms with E-state index >= 15 is 0 Å². The predicted octanol–water partition coefficient (Wildman–Crippen LogP) is 0.796. The summed E-state index contributed by atoms with van der Waals surface area (Å²) in [6, 6.07) is 15.7. The van der Waals surface area contributed by atoms with E-state index in [0.717, 1.165) is 17.8 Å². The van der Waals surface area contributed by atoms with Crippen molar-refractivity contribution in [2.45, 2.75) is 18.8 Å². The maximum absolute atomic E-state index is 9.77. The van der Waals surface area contributed by atoms with Crippen molar-refractivity contribution in [2.75, 3.05) is 32.6 Å². The number of aliphatic imine (C=N–C) groups is 1. The number of guanidine groups is 1. The van der Waals surface area contributed by atoms with Gasteiger partial charge in [-0.15, -0.1) is 0 Å². The topological polar surface area (TPSA) is 170 Å². The van der Waals surface area contributed by atoms with Crippen molar-refractivity contribution in [3.8, 4) is 11.5 Å². The number of nitrogens with zero attached hydrogens (tertiary/aromatic N) is 2. The number of nitrogens with one attached hydrogen (secondary N) is 1. The van der Waals surface area contributed by atoms with Crippen LogP contribution in [0.15, 0.2) is 53.5 Å². The number of carboxylic acid groups (broad SMARTS) is 2. The SMILES string of the molecule is COc1ccc(NC2=NCCN2OCc2ccccc2)cc1OC.O=C(O)[C@H](O)[C@@H](O)C(=O)O. The number of hydrogen-bond acceptors (Lipinski definition) is 10. The van der Waals surface area contributed by atoms with Crippen LogP contribution in [-0.4, -0.2) is 82.9 Å². The summed E-state index contributed by atoms with van der Waals surface area (Å²) in [5, 5.41) is 37.6. The summed E-state index contributed by atoms with van der Waals surface area (Å²) in [4.78, 5) is 29.9. The number of benzene rings is 2. The molecule has 0 radical (unpaired) electrons. The van der Waals surface area contributed by atoms with Crippen molar-refractivity contribution < 1.29 is 44.3 Å². The van der Waals surface area contributed by atoms with E-state index in [9.17, 15) is 9.59 Å². The highest BCUT2D eigenvalue weighted by Gasteiger charge is 2.29. The van der Waals surface area contributed by atoms with Gasteiger partial charge in [0.05, 0.1) is 27.3 Å². The third-order valence-corrected chi connectivity index (χ3v) is 4.48. The van der Waals surface area contributed by atoms with E-state index in [1.165, 1.54) is 0 Å². The molecule has 0 spiro atoms. The molecule has 0 aliphatic carbocycles. The molecule has 2 atom stereocenters. The maximum atomic E-state index is 9.77. The number of carbonyl (C=O) groups is 2. The first-order valence-electron chi connectivity index (χ1n) is 10.1. The van der Waals surface area contributed by atoms with E-state index in [1.807, 2.05) is 48.5 Å². The van der Waals surface area contributed by atoms with Gasteiger partial charge >= 0.3 is 11.9 Å². The van der Waals surface area contributed by atoms with Gasteiger partial charge in [-0.25, -0.2) is 19.6 Å². The number of hydrogen-bond donors (Lipinski definition) is 5. The molecule has 1 heterocycles. The minimum Gasteiger partial charge on any atom is -0.493 e. The molecule has 1 aliphatic heterocycles. The Kier molecular flexibility index (Phi) is 10.1. The number of aliphatic hydroxyl groups excluding tert-OH is 2. The third-order valence-electron chi connectivity index (χ3n) is 4.48. The van der Waals surface area contributed by atoms with Crippen LogP contribution in [0.1, 0.15) is 5.56 Å². The Morgan fingerprint density at radius 1 is 1.00 bits per heavy atom. The van der Waals surface area contributed by atoms with E-state index in [0.29, 0.717) is 30.6 Å². The average Bonchev–Trinajstić information content (AvgIpc) is 3.29. The third kappa shape index (κ3) is 7.62. The molecule has 5 N–H and O–H groups in total. The highest BCUT2D eigenvalue weighted by atomic mass is 16.7. The van der Waals surface area contributed by atoms with Gasteiger partial charge in [0.15, 0.2) is 23.7 Å². The van der Waals surface area contributed by atoms with Gasteiger partial charge in [-0.2, -0.15) is 0 Å². The maximum Gasteiger partial charge on any atom is 0.335 e. The number of carboxylic acids is 2. The van der Waals surface area contributed by atoms with Crippen molar-refractivity contribution in [3.63, 3.8) is 0 Å². The van der Waals surface area contributed by atoms with Crippen molar-refractivity contribution in [1.29, 1.82) is 0 Å². The van der Waals surface area contributed by atoms with Crippen LogP contribution in [0.3, 0.4) is 0 Å². The molecule has 12 heteroatoms. The van der Waals surface area contributed by atoms with Crippen molar-refractivity contribution in [1.82, 2.24) is 5.06 Å². The number of anilines is 1. The second-order valence-corrected chi connectivity index (χ2v) is 6.83. The van der Waals surface area contributed by atoms with E-state index in [-0.39, 0.29) is 0 Å². The zero-order valence-corrected chi connectivity index (χ0v) is 18.6. The average molecular weight is 477 g/mol. The normalized spacial score (nSPS) is 14.2. The monoisotopic (exact) mass is 477 g/mol. The molecule has 0 bridgehead atoms. The largest absolute Gasteiger partial charge is 0.493 e. The van der Waals surface area contributed by atoms with E-state index in [2.05, 4.69) is 10.3 Å². The molecule has 2 aromatic carbocycles. The Hall–Kier alpha value is -3.87. The molecule has 1 aliphatic rings. The Labute approximate surface area is 195 Å². The van der Waals surface area contributed by atoms with E-state index in [4.69, 9.17) is 34.7 Å². The summed E-state index contributed by atoms with van der Waals surface area (Å²) in [5.41, 5.74) is 1.98. The molecule has 0 aromatic heterocycles. The Bertz CT molecular complexity index is 967. The highest BCUT2D eigenvalue weighted by Crippen LogP contribution is 2.30. The number of hydroxylamine groups is 2. The van der Waals surface area contributed by atoms with Gasteiger partial charge in [0.1, 0.15) is 6.61 Å². The van der Waals surface area contributed by atoms with Gasteiger partial charge in [-0.3, -0.25) is 4.84 Å². The first-order chi connectivity index (χ1) is 16.3. The van der Waals surface area contributed by atoms with E-state index < -0.39 is 24.1 Å². The molecule has 184 valence electrons. The van der Waals surface area contributed by atoms with Crippen LogP contribution in [-0.2, 0) is 21.0 Å². The van der Waals surface area contributed by atoms with Gasteiger partial charge in [-0.05, 0) is 17.7 Å². The summed E-state index contributed by atoms with van der Waals surface area (Å²) in [7, 11) is 3.23. The summed E-state index contributed by atoms with van der Waals surface area (Å²) in [6.07, 6.45) is -4.53. The van der Waals surface area contributed by atoms with Crippen LogP contribution < -0.4 is 14.8 Å². The quantitative estimate of drug-likeness (QED) is 0.346. The second-order valence-electron chi connectivity index (χ2n) is 6.83. The predicted molar refractivity (Wildman–Crippen MR) is 121 cm³/mol. The molecule has 3 rings (SSSR count). The van der Waals surface area contributed by atoms with Crippen molar-refractivity contribution in [3.05, 3.63) is 54.1 Å². The molecular formula is C22H27N3O9. The van der Waals surface area contributed by atoms with Crippen LogP contribution in [0.4, 0.5) is 5.69 Å². The summed E-state index contributed by atoms with van der Waals surface area (Å²) in [5.74, 6) is -1.49. The van der Waals surface area contributed by atoms with Gasteiger partial charge < -0.3 is 35.2 Å².